The van der Waals surface area contributed by atoms with Crippen molar-refractivity contribution in [3.8, 4) is 0 Å². The Morgan fingerprint density at radius 2 is 1.44 bits per heavy atom. The highest BCUT2D eigenvalue weighted by Crippen LogP contribution is 2.00. The van der Waals surface area contributed by atoms with E-state index in [0.717, 1.165) is 38.5 Å². The van der Waals surface area contributed by atoms with Gasteiger partial charge in [0.1, 0.15) is 11.4 Å². The largest absolute Gasteiger partial charge is 0.286 e. The molecule has 16 heavy (non-hydrogen) atoms. The number of rotatable bonds is 6. The molecule has 0 aromatic carbocycles. The summed E-state index contributed by atoms with van der Waals surface area (Å²) in [5.41, 5.74) is 1.40. The lowest BCUT2D eigenvalue weighted by Gasteiger charge is -2.05. The molecule has 0 radical (unpaired) electrons. The molecule has 1 aromatic rings. The van der Waals surface area contributed by atoms with Crippen molar-refractivity contribution >= 4 is 0 Å². The first-order valence-electron chi connectivity index (χ1n) is 6.12. The number of unbranched alkanes of at least 4 members (excludes halogenated alkanes) is 2. The van der Waals surface area contributed by atoms with Crippen molar-refractivity contribution in [3.63, 3.8) is 0 Å². The van der Waals surface area contributed by atoms with Gasteiger partial charge < -0.3 is 0 Å². The predicted octanol–water partition coefficient (Wildman–Crippen LogP) is 1.86. The van der Waals surface area contributed by atoms with Crippen LogP contribution in [0, 0.1) is 0 Å². The van der Waals surface area contributed by atoms with Crippen molar-refractivity contribution in [2.45, 2.75) is 52.4 Å². The predicted molar refractivity (Wildman–Crippen MR) is 64.5 cm³/mol. The van der Waals surface area contributed by atoms with E-state index in [-0.39, 0.29) is 5.43 Å². The first-order valence-corrected chi connectivity index (χ1v) is 6.12. The van der Waals surface area contributed by atoms with Crippen LogP contribution in [0.1, 0.15) is 50.9 Å². The second-order valence-electron chi connectivity index (χ2n) is 4.12. The fourth-order valence-electron chi connectivity index (χ4n) is 1.64. The highest BCUT2D eigenvalue weighted by Gasteiger charge is 2.09. The van der Waals surface area contributed by atoms with Crippen LogP contribution >= 0.6 is 0 Å². The molecule has 0 unspecified atom stereocenters. The second-order valence-corrected chi connectivity index (χ2v) is 4.12. The monoisotopic (exact) mass is 223 g/mol. The smallest absolute Gasteiger partial charge is 0.225 e. The van der Waals surface area contributed by atoms with Gasteiger partial charge in [-0.05, 0) is 25.7 Å². The van der Waals surface area contributed by atoms with E-state index in [0.29, 0.717) is 11.4 Å². The van der Waals surface area contributed by atoms with Crippen molar-refractivity contribution in [2.24, 2.45) is 7.05 Å². The molecule has 0 saturated carbocycles. The van der Waals surface area contributed by atoms with Gasteiger partial charge >= 0.3 is 0 Å². The SMILES string of the molecule is CCCCc1nn(C)nc(CCCC)c1=O. The van der Waals surface area contributed by atoms with E-state index < -0.39 is 0 Å². The lowest BCUT2D eigenvalue weighted by atomic mass is 10.1. The Morgan fingerprint density at radius 1 is 1.00 bits per heavy atom. The quantitative estimate of drug-likeness (QED) is 0.739. The Kier molecular flexibility index (Phi) is 5.15. The van der Waals surface area contributed by atoms with E-state index in [1.165, 1.54) is 4.80 Å². The van der Waals surface area contributed by atoms with Crippen LogP contribution in [-0.4, -0.2) is 15.0 Å². The van der Waals surface area contributed by atoms with Gasteiger partial charge in [0.25, 0.3) is 0 Å². The van der Waals surface area contributed by atoms with Crippen LogP contribution in [0.4, 0.5) is 0 Å². The lowest BCUT2D eigenvalue weighted by Crippen LogP contribution is -2.24. The van der Waals surface area contributed by atoms with Crippen LogP contribution < -0.4 is 5.43 Å². The molecular formula is C12H21N3O. The van der Waals surface area contributed by atoms with E-state index in [2.05, 4.69) is 24.0 Å². The van der Waals surface area contributed by atoms with Crippen LogP contribution in [-0.2, 0) is 19.9 Å². The zero-order valence-electron chi connectivity index (χ0n) is 10.5. The molecule has 0 amide bonds. The minimum atomic E-state index is 0.0556. The minimum Gasteiger partial charge on any atom is -0.286 e. The first-order chi connectivity index (χ1) is 7.69. The summed E-state index contributed by atoms with van der Waals surface area (Å²) in [4.78, 5) is 13.5. The van der Waals surface area contributed by atoms with Crippen LogP contribution in [0.25, 0.3) is 0 Å². The van der Waals surface area contributed by atoms with Crippen LogP contribution in [0.3, 0.4) is 0 Å². The summed E-state index contributed by atoms with van der Waals surface area (Å²) in [5.74, 6) is 0. The van der Waals surface area contributed by atoms with Gasteiger partial charge in [0.05, 0.1) is 0 Å². The molecular weight excluding hydrogens is 202 g/mol. The molecule has 1 aromatic heterocycles. The molecule has 0 aliphatic carbocycles. The van der Waals surface area contributed by atoms with Gasteiger partial charge in [-0.3, -0.25) is 4.79 Å². The third-order valence-electron chi connectivity index (χ3n) is 2.59. The topological polar surface area (TPSA) is 47.8 Å². The fourth-order valence-corrected chi connectivity index (χ4v) is 1.64. The number of nitrogens with zero attached hydrogens (tertiary/aromatic N) is 3. The summed E-state index contributed by atoms with van der Waals surface area (Å²) in [5, 5.41) is 8.34. The maximum Gasteiger partial charge on any atom is 0.225 e. The van der Waals surface area contributed by atoms with Gasteiger partial charge in [-0.25, -0.2) is 0 Å². The van der Waals surface area contributed by atoms with Crippen molar-refractivity contribution in [1.29, 1.82) is 0 Å². The molecule has 1 rings (SSSR count). The minimum absolute atomic E-state index is 0.0556. The summed E-state index contributed by atoms with van der Waals surface area (Å²) in [7, 11) is 1.78. The molecule has 1 heterocycles. The average Bonchev–Trinajstić information content (AvgIpc) is 2.28. The molecule has 0 aliphatic rings. The van der Waals surface area contributed by atoms with E-state index in [1.54, 1.807) is 7.05 Å². The van der Waals surface area contributed by atoms with Crippen LogP contribution in [0.2, 0.25) is 0 Å². The number of hydrogen-bond donors (Lipinski definition) is 0. The van der Waals surface area contributed by atoms with Gasteiger partial charge in [0.15, 0.2) is 0 Å². The molecule has 0 spiro atoms. The summed E-state index contributed by atoms with van der Waals surface area (Å²) >= 11 is 0. The maximum absolute atomic E-state index is 12.0. The summed E-state index contributed by atoms with van der Waals surface area (Å²) in [6.07, 6.45) is 5.73. The molecule has 4 heteroatoms. The average molecular weight is 223 g/mol. The molecule has 0 saturated heterocycles. The van der Waals surface area contributed by atoms with Crippen LogP contribution in [0.15, 0.2) is 4.79 Å². The van der Waals surface area contributed by atoms with Crippen molar-refractivity contribution in [2.75, 3.05) is 0 Å². The number of aryl methyl sites for hydroxylation is 3. The van der Waals surface area contributed by atoms with E-state index >= 15 is 0 Å². The van der Waals surface area contributed by atoms with Crippen LogP contribution in [0.5, 0.6) is 0 Å². The van der Waals surface area contributed by atoms with Gasteiger partial charge in [0.2, 0.25) is 5.43 Å². The lowest BCUT2D eigenvalue weighted by molar-refractivity contribution is 0.557. The van der Waals surface area contributed by atoms with E-state index in [4.69, 9.17) is 0 Å². The third-order valence-corrected chi connectivity index (χ3v) is 2.59. The molecule has 0 aliphatic heterocycles. The summed E-state index contributed by atoms with van der Waals surface area (Å²) in [6, 6.07) is 0. The van der Waals surface area contributed by atoms with Gasteiger partial charge in [0, 0.05) is 7.05 Å². The zero-order chi connectivity index (χ0) is 12.0. The third kappa shape index (κ3) is 3.43. The highest BCUT2D eigenvalue weighted by atomic mass is 16.1. The van der Waals surface area contributed by atoms with Gasteiger partial charge in [-0.15, -0.1) is 0 Å². The molecule has 90 valence electrons. The Balaban J connectivity index is 2.91. The fraction of sp³-hybridized carbons (Fsp3) is 0.750. The Bertz CT molecular complexity index is 352. The molecule has 4 nitrogen and oxygen atoms in total. The first kappa shape index (κ1) is 12.9. The molecule has 0 bridgehead atoms. The zero-order valence-corrected chi connectivity index (χ0v) is 10.5. The standard InChI is InChI=1S/C12H21N3O/c1-4-6-8-10-12(16)11(9-7-5-2)14-15(3)13-10/h4-9H2,1-3H3. The van der Waals surface area contributed by atoms with E-state index in [9.17, 15) is 4.79 Å². The molecule has 0 N–H and O–H groups in total. The Morgan fingerprint density at radius 3 is 1.81 bits per heavy atom. The van der Waals surface area contributed by atoms with Crippen molar-refractivity contribution in [1.82, 2.24) is 15.0 Å². The van der Waals surface area contributed by atoms with Gasteiger partial charge in [-0.1, -0.05) is 26.7 Å². The van der Waals surface area contributed by atoms with Gasteiger partial charge in [-0.2, -0.15) is 15.0 Å². The normalized spacial score (nSPS) is 10.7. The van der Waals surface area contributed by atoms with E-state index in [1.807, 2.05) is 0 Å². The number of hydrogen-bond acceptors (Lipinski definition) is 3. The Hall–Kier alpha value is -1.19. The Labute approximate surface area is 96.7 Å². The summed E-state index contributed by atoms with van der Waals surface area (Å²) in [6.45, 7) is 4.23. The molecule has 0 fully saturated rings. The number of aromatic nitrogens is 3. The summed E-state index contributed by atoms with van der Waals surface area (Å²) < 4.78 is 0. The molecule has 0 atom stereocenters. The van der Waals surface area contributed by atoms with Crippen molar-refractivity contribution < 1.29 is 0 Å². The maximum atomic E-state index is 12.0. The highest BCUT2D eigenvalue weighted by molar-refractivity contribution is 5.07. The van der Waals surface area contributed by atoms with Crippen molar-refractivity contribution in [3.05, 3.63) is 21.6 Å². The second kappa shape index (κ2) is 6.40.